The molecule has 1 unspecified atom stereocenters. The van der Waals surface area contributed by atoms with E-state index in [2.05, 4.69) is 33.0 Å². The van der Waals surface area contributed by atoms with Crippen molar-refractivity contribution in [2.24, 2.45) is 5.84 Å². The molecule has 3 rings (SSSR count). The second-order valence-corrected chi connectivity index (χ2v) is 4.82. The number of nitrogens with two attached hydrogens (primary N) is 1. The van der Waals surface area contributed by atoms with E-state index in [1.54, 1.807) is 6.20 Å². The third-order valence-corrected chi connectivity index (χ3v) is 3.60. The topological polar surface area (TPSA) is 81.7 Å². The predicted molar refractivity (Wildman–Crippen MR) is 81.2 cm³/mol. The number of nitrogens with one attached hydrogen (secondary N) is 1. The molecule has 108 valence electrons. The summed E-state index contributed by atoms with van der Waals surface area (Å²) in [4.78, 5) is 12.9. The Morgan fingerprint density at radius 2 is 2.14 bits per heavy atom. The zero-order chi connectivity index (χ0) is 14.7. The van der Waals surface area contributed by atoms with Crippen molar-refractivity contribution in [1.82, 2.24) is 24.9 Å². The summed E-state index contributed by atoms with van der Waals surface area (Å²) in [5, 5.41) is 0. The van der Waals surface area contributed by atoms with Gasteiger partial charge in [0.05, 0.1) is 22.8 Å². The highest BCUT2D eigenvalue weighted by Crippen LogP contribution is 2.20. The quantitative estimate of drug-likeness (QED) is 0.548. The lowest BCUT2D eigenvalue weighted by Gasteiger charge is -2.15. The van der Waals surface area contributed by atoms with Crippen molar-refractivity contribution in [3.63, 3.8) is 0 Å². The molecule has 21 heavy (non-hydrogen) atoms. The fourth-order valence-corrected chi connectivity index (χ4v) is 2.57. The monoisotopic (exact) mass is 282 g/mol. The summed E-state index contributed by atoms with van der Waals surface area (Å²) >= 11 is 0. The van der Waals surface area contributed by atoms with Crippen LogP contribution in [0.3, 0.4) is 0 Å². The molecule has 0 amide bonds. The lowest BCUT2D eigenvalue weighted by Crippen LogP contribution is -2.31. The SMILES string of the molecule is CCn1c(CC(NN)c2ccncn2)nc2ccccc21. The molecule has 0 saturated heterocycles. The average molecular weight is 282 g/mol. The number of hydrazine groups is 1. The van der Waals surface area contributed by atoms with Crippen LogP contribution in [0.2, 0.25) is 0 Å². The zero-order valence-electron chi connectivity index (χ0n) is 11.9. The van der Waals surface area contributed by atoms with Crippen molar-refractivity contribution in [1.29, 1.82) is 0 Å². The number of para-hydroxylation sites is 2. The van der Waals surface area contributed by atoms with Gasteiger partial charge in [0.25, 0.3) is 0 Å². The van der Waals surface area contributed by atoms with Crippen molar-refractivity contribution in [2.45, 2.75) is 25.9 Å². The third-order valence-electron chi connectivity index (χ3n) is 3.60. The minimum absolute atomic E-state index is 0.0879. The molecule has 2 aromatic heterocycles. The maximum absolute atomic E-state index is 5.69. The average Bonchev–Trinajstić information content (AvgIpc) is 2.90. The summed E-state index contributed by atoms with van der Waals surface area (Å²) < 4.78 is 2.21. The summed E-state index contributed by atoms with van der Waals surface area (Å²) in [7, 11) is 0. The molecule has 1 atom stereocenters. The highest BCUT2D eigenvalue weighted by molar-refractivity contribution is 5.75. The number of fused-ring (bicyclic) bond motifs is 1. The second kappa shape index (κ2) is 5.99. The Hall–Kier alpha value is -2.31. The lowest BCUT2D eigenvalue weighted by atomic mass is 10.1. The van der Waals surface area contributed by atoms with Crippen LogP contribution in [0, 0.1) is 0 Å². The van der Waals surface area contributed by atoms with Gasteiger partial charge in [0.2, 0.25) is 0 Å². The summed E-state index contributed by atoms with van der Waals surface area (Å²) in [6, 6.07) is 9.93. The number of hydrogen-bond acceptors (Lipinski definition) is 5. The van der Waals surface area contributed by atoms with E-state index in [1.807, 2.05) is 24.3 Å². The Kier molecular flexibility index (Phi) is 3.89. The van der Waals surface area contributed by atoms with Gasteiger partial charge in [-0.05, 0) is 25.1 Å². The van der Waals surface area contributed by atoms with Gasteiger partial charge in [0.1, 0.15) is 12.2 Å². The molecule has 0 aliphatic carbocycles. The number of nitrogens with zero attached hydrogens (tertiary/aromatic N) is 4. The minimum atomic E-state index is -0.0879. The Morgan fingerprint density at radius 3 is 2.86 bits per heavy atom. The molecule has 3 N–H and O–H groups in total. The van der Waals surface area contributed by atoms with Gasteiger partial charge in [0.15, 0.2) is 0 Å². The van der Waals surface area contributed by atoms with Crippen molar-refractivity contribution < 1.29 is 0 Å². The van der Waals surface area contributed by atoms with Gasteiger partial charge in [-0.15, -0.1) is 0 Å². The van der Waals surface area contributed by atoms with Gasteiger partial charge in [0, 0.05) is 19.2 Å². The van der Waals surface area contributed by atoms with Crippen molar-refractivity contribution in [3.8, 4) is 0 Å². The van der Waals surface area contributed by atoms with Crippen LogP contribution in [-0.4, -0.2) is 19.5 Å². The van der Waals surface area contributed by atoms with E-state index in [0.29, 0.717) is 6.42 Å². The van der Waals surface area contributed by atoms with Crippen LogP contribution in [0.4, 0.5) is 0 Å². The van der Waals surface area contributed by atoms with Crippen LogP contribution in [0.15, 0.2) is 42.9 Å². The molecule has 0 radical (unpaired) electrons. The normalized spacial score (nSPS) is 12.7. The van der Waals surface area contributed by atoms with E-state index in [-0.39, 0.29) is 6.04 Å². The Bertz CT molecular complexity index is 721. The second-order valence-electron chi connectivity index (χ2n) is 4.82. The van der Waals surface area contributed by atoms with E-state index in [9.17, 15) is 0 Å². The van der Waals surface area contributed by atoms with Gasteiger partial charge in [-0.3, -0.25) is 11.3 Å². The van der Waals surface area contributed by atoms with Gasteiger partial charge >= 0.3 is 0 Å². The van der Waals surface area contributed by atoms with Crippen LogP contribution >= 0.6 is 0 Å². The van der Waals surface area contributed by atoms with E-state index >= 15 is 0 Å². The largest absolute Gasteiger partial charge is 0.328 e. The molecule has 0 aliphatic rings. The van der Waals surface area contributed by atoms with Gasteiger partial charge < -0.3 is 4.57 Å². The number of rotatable bonds is 5. The highest BCUT2D eigenvalue weighted by Gasteiger charge is 2.17. The Morgan fingerprint density at radius 1 is 1.29 bits per heavy atom. The van der Waals surface area contributed by atoms with Crippen LogP contribution in [0.1, 0.15) is 24.5 Å². The van der Waals surface area contributed by atoms with Crippen LogP contribution in [0.25, 0.3) is 11.0 Å². The van der Waals surface area contributed by atoms with Gasteiger partial charge in [-0.25, -0.2) is 15.0 Å². The molecule has 3 aromatic rings. The van der Waals surface area contributed by atoms with Crippen molar-refractivity contribution >= 4 is 11.0 Å². The Balaban J connectivity index is 1.97. The van der Waals surface area contributed by atoms with Crippen molar-refractivity contribution in [2.75, 3.05) is 0 Å². The smallest absolute Gasteiger partial charge is 0.115 e. The fraction of sp³-hybridized carbons (Fsp3) is 0.267. The van der Waals surface area contributed by atoms with E-state index in [0.717, 1.165) is 29.1 Å². The predicted octanol–water partition coefficient (Wildman–Crippen LogP) is 1.59. The molecule has 0 bridgehead atoms. The summed E-state index contributed by atoms with van der Waals surface area (Å²) in [6.45, 7) is 2.99. The highest BCUT2D eigenvalue weighted by atomic mass is 15.2. The number of benzene rings is 1. The molecule has 1 aromatic carbocycles. The first kappa shape index (κ1) is 13.7. The third kappa shape index (κ3) is 2.63. The molecule has 6 nitrogen and oxygen atoms in total. The molecular weight excluding hydrogens is 264 g/mol. The lowest BCUT2D eigenvalue weighted by molar-refractivity contribution is 0.513. The van der Waals surface area contributed by atoms with Crippen LogP contribution < -0.4 is 11.3 Å². The summed E-state index contributed by atoms with van der Waals surface area (Å²) in [6.07, 6.45) is 3.92. The zero-order valence-corrected chi connectivity index (χ0v) is 11.9. The molecule has 6 heteroatoms. The standard InChI is InChI=1S/C15H18N6/c1-2-21-14-6-4-3-5-12(14)19-15(21)9-13(20-16)11-7-8-17-10-18-11/h3-8,10,13,20H,2,9,16H2,1H3. The van der Waals surface area contributed by atoms with Gasteiger partial charge in [-0.1, -0.05) is 12.1 Å². The first-order chi connectivity index (χ1) is 10.3. The number of hydrogen-bond donors (Lipinski definition) is 2. The Labute approximate surface area is 123 Å². The first-order valence-corrected chi connectivity index (χ1v) is 6.99. The minimum Gasteiger partial charge on any atom is -0.328 e. The maximum Gasteiger partial charge on any atom is 0.115 e. The summed E-state index contributed by atoms with van der Waals surface area (Å²) in [5.74, 6) is 6.69. The fourth-order valence-electron chi connectivity index (χ4n) is 2.57. The maximum atomic E-state index is 5.69. The number of imidazole rings is 1. The molecule has 0 saturated carbocycles. The van der Waals surface area contributed by atoms with E-state index < -0.39 is 0 Å². The molecule has 2 heterocycles. The first-order valence-electron chi connectivity index (χ1n) is 6.99. The van der Waals surface area contributed by atoms with Crippen LogP contribution in [0.5, 0.6) is 0 Å². The van der Waals surface area contributed by atoms with E-state index in [1.165, 1.54) is 6.33 Å². The van der Waals surface area contributed by atoms with Crippen LogP contribution in [-0.2, 0) is 13.0 Å². The molecule has 0 aliphatic heterocycles. The molecular formula is C15H18N6. The van der Waals surface area contributed by atoms with Gasteiger partial charge in [-0.2, -0.15) is 0 Å². The summed E-state index contributed by atoms with van der Waals surface area (Å²) in [5.41, 5.74) is 5.84. The van der Waals surface area contributed by atoms with E-state index in [4.69, 9.17) is 10.8 Å². The molecule has 0 spiro atoms. The number of aromatic nitrogens is 4. The number of aryl methyl sites for hydroxylation is 1. The molecule has 0 fully saturated rings. The van der Waals surface area contributed by atoms with Crippen molar-refractivity contribution in [3.05, 3.63) is 54.4 Å².